The van der Waals surface area contributed by atoms with E-state index in [9.17, 15) is 9.59 Å². The highest BCUT2D eigenvalue weighted by molar-refractivity contribution is 6.14. The number of hydrogen-bond acceptors (Lipinski definition) is 6. The van der Waals surface area contributed by atoms with Crippen molar-refractivity contribution in [3.05, 3.63) is 47.9 Å². The monoisotopic (exact) mass is 301 g/mol. The summed E-state index contributed by atoms with van der Waals surface area (Å²) in [7, 11) is 2.85. The molecule has 0 saturated carbocycles. The average Bonchev–Trinajstić information content (AvgIpc) is 2.55. The van der Waals surface area contributed by atoms with E-state index in [1.165, 1.54) is 32.8 Å². The molecule has 0 radical (unpaired) electrons. The Hall–Kier alpha value is -2.80. The van der Waals surface area contributed by atoms with Crippen LogP contribution in [0.2, 0.25) is 0 Å². The first-order valence-electron chi connectivity index (χ1n) is 6.44. The lowest BCUT2D eigenvalue weighted by Gasteiger charge is -2.12. The smallest absolute Gasteiger partial charge is 0.251 e. The number of ether oxygens (including phenoxy) is 2. The quantitative estimate of drug-likeness (QED) is 0.809. The highest BCUT2D eigenvalue weighted by atomic mass is 16.5. The Morgan fingerprint density at radius 1 is 1.14 bits per heavy atom. The molecular formula is C15H15N3O4. The largest absolute Gasteiger partial charge is 0.496 e. The fraction of sp³-hybridized carbons (Fsp3) is 0.200. The Balaban J connectivity index is 2.43. The molecular weight excluding hydrogens is 286 g/mol. The highest BCUT2D eigenvalue weighted by Gasteiger charge is 2.21. The average molecular weight is 301 g/mol. The second-order valence-electron chi connectivity index (χ2n) is 4.28. The van der Waals surface area contributed by atoms with Gasteiger partial charge in [0.1, 0.15) is 23.7 Å². The molecule has 0 unspecified atom stereocenters. The molecule has 2 aromatic rings. The third kappa shape index (κ3) is 3.44. The topological polar surface area (TPSA) is 90.4 Å². The summed E-state index contributed by atoms with van der Waals surface area (Å²) in [5.41, 5.74) is 0.601. The van der Waals surface area contributed by atoms with Crippen molar-refractivity contribution in [1.82, 2.24) is 9.97 Å². The van der Waals surface area contributed by atoms with Gasteiger partial charge in [-0.1, -0.05) is 0 Å². The van der Waals surface area contributed by atoms with E-state index in [1.54, 1.807) is 18.2 Å². The molecule has 0 spiro atoms. The predicted octanol–water partition coefficient (Wildman–Crippen LogP) is 1.30. The number of nitrogens with zero attached hydrogens (tertiary/aromatic N) is 2. The van der Waals surface area contributed by atoms with Gasteiger partial charge in [-0.05, 0) is 18.2 Å². The van der Waals surface area contributed by atoms with Crippen molar-refractivity contribution in [2.24, 2.45) is 0 Å². The number of aromatic nitrogens is 2. The third-order valence-electron chi connectivity index (χ3n) is 2.84. The minimum Gasteiger partial charge on any atom is -0.496 e. The highest BCUT2D eigenvalue weighted by Crippen LogP contribution is 2.27. The molecule has 0 aliphatic carbocycles. The van der Waals surface area contributed by atoms with Crippen molar-refractivity contribution >= 4 is 17.5 Å². The normalized spacial score (nSPS) is 10.1. The molecule has 1 N–H and O–H groups in total. The third-order valence-corrected chi connectivity index (χ3v) is 2.84. The van der Waals surface area contributed by atoms with Crippen LogP contribution >= 0.6 is 0 Å². The van der Waals surface area contributed by atoms with Crippen LogP contribution in [-0.2, 0) is 9.53 Å². The lowest BCUT2D eigenvalue weighted by molar-refractivity contribution is -0.119. The maximum Gasteiger partial charge on any atom is 0.251 e. The van der Waals surface area contributed by atoms with E-state index in [0.29, 0.717) is 11.3 Å². The Morgan fingerprint density at radius 3 is 2.50 bits per heavy atom. The summed E-state index contributed by atoms with van der Waals surface area (Å²) in [6.45, 7) is -0.137. The van der Waals surface area contributed by atoms with E-state index in [0.717, 1.165) is 0 Å². The predicted molar refractivity (Wildman–Crippen MR) is 79.0 cm³/mol. The molecule has 7 heteroatoms. The zero-order valence-corrected chi connectivity index (χ0v) is 12.2. The first kappa shape index (κ1) is 15.6. The van der Waals surface area contributed by atoms with Gasteiger partial charge in [0.15, 0.2) is 0 Å². The van der Waals surface area contributed by atoms with Crippen molar-refractivity contribution in [3.8, 4) is 5.75 Å². The number of nitrogens with one attached hydrogen (secondary N) is 1. The molecule has 0 bridgehead atoms. The molecule has 2 aromatic heterocycles. The van der Waals surface area contributed by atoms with Crippen LogP contribution in [0, 0.1) is 0 Å². The summed E-state index contributed by atoms with van der Waals surface area (Å²) in [6, 6.07) is 4.71. The van der Waals surface area contributed by atoms with Crippen molar-refractivity contribution in [2.75, 3.05) is 26.1 Å². The number of carbonyl (C=O) groups excluding carboxylic acids is 2. The van der Waals surface area contributed by atoms with E-state index < -0.39 is 5.91 Å². The fourth-order valence-corrected chi connectivity index (χ4v) is 1.88. The van der Waals surface area contributed by atoms with Crippen LogP contribution in [0.25, 0.3) is 0 Å². The molecule has 2 heterocycles. The summed E-state index contributed by atoms with van der Waals surface area (Å²) < 4.78 is 9.96. The summed E-state index contributed by atoms with van der Waals surface area (Å²) >= 11 is 0. The number of hydrogen-bond donors (Lipinski definition) is 1. The van der Waals surface area contributed by atoms with Crippen molar-refractivity contribution < 1.29 is 19.1 Å². The van der Waals surface area contributed by atoms with Gasteiger partial charge < -0.3 is 14.8 Å². The zero-order valence-electron chi connectivity index (χ0n) is 12.2. The molecule has 0 aromatic carbocycles. The number of ketones is 1. The lowest BCUT2D eigenvalue weighted by atomic mass is 10.0. The number of methoxy groups -OCH3 is 2. The standard InChI is InChI=1S/C15H15N3O4/c1-21-9-12(19)18-15-13(11(22-2)5-8-17-15)14(20)10-3-6-16-7-4-10/h3-8H,9H2,1-2H3,(H,17,18,19). The lowest BCUT2D eigenvalue weighted by Crippen LogP contribution is -2.20. The molecule has 0 aliphatic rings. The molecule has 2 rings (SSSR count). The molecule has 0 fully saturated rings. The van der Waals surface area contributed by atoms with Crippen molar-refractivity contribution in [2.45, 2.75) is 0 Å². The van der Waals surface area contributed by atoms with E-state index in [-0.39, 0.29) is 23.8 Å². The summed E-state index contributed by atoms with van der Waals surface area (Å²) in [4.78, 5) is 32.3. The zero-order chi connectivity index (χ0) is 15.9. The minimum atomic E-state index is -0.410. The van der Waals surface area contributed by atoms with Gasteiger partial charge in [-0.2, -0.15) is 0 Å². The van der Waals surface area contributed by atoms with Crippen LogP contribution in [0.5, 0.6) is 5.75 Å². The maximum absolute atomic E-state index is 12.7. The Morgan fingerprint density at radius 2 is 1.86 bits per heavy atom. The van der Waals surface area contributed by atoms with Gasteiger partial charge in [-0.3, -0.25) is 14.6 Å². The minimum absolute atomic E-state index is 0.128. The van der Waals surface area contributed by atoms with Gasteiger partial charge in [-0.25, -0.2) is 4.98 Å². The fourth-order valence-electron chi connectivity index (χ4n) is 1.88. The first-order chi connectivity index (χ1) is 10.7. The number of anilines is 1. The Labute approximate surface area is 127 Å². The van der Waals surface area contributed by atoms with Crippen LogP contribution in [0.3, 0.4) is 0 Å². The van der Waals surface area contributed by atoms with E-state index in [4.69, 9.17) is 9.47 Å². The summed E-state index contributed by atoms with van der Waals surface area (Å²) in [5, 5.41) is 2.55. The van der Waals surface area contributed by atoms with Crippen LogP contribution in [0.4, 0.5) is 5.82 Å². The first-order valence-corrected chi connectivity index (χ1v) is 6.44. The molecule has 22 heavy (non-hydrogen) atoms. The Kier molecular flexibility index (Phi) is 5.16. The number of rotatable bonds is 6. The molecule has 1 amide bonds. The SMILES string of the molecule is COCC(=O)Nc1nccc(OC)c1C(=O)c1ccncc1. The summed E-state index contributed by atoms with van der Waals surface area (Å²) in [5.74, 6) is -0.278. The Bertz CT molecular complexity index is 674. The van der Waals surface area contributed by atoms with Gasteiger partial charge in [0, 0.05) is 31.3 Å². The second kappa shape index (κ2) is 7.28. The number of amides is 1. The van der Waals surface area contributed by atoms with Crippen LogP contribution in [0.1, 0.15) is 15.9 Å². The van der Waals surface area contributed by atoms with Gasteiger partial charge in [0.25, 0.3) is 5.91 Å². The van der Waals surface area contributed by atoms with E-state index >= 15 is 0 Å². The van der Waals surface area contributed by atoms with Crippen LogP contribution in [-0.4, -0.2) is 42.5 Å². The molecule has 114 valence electrons. The van der Waals surface area contributed by atoms with Crippen molar-refractivity contribution in [3.63, 3.8) is 0 Å². The van der Waals surface area contributed by atoms with Crippen molar-refractivity contribution in [1.29, 1.82) is 0 Å². The van der Waals surface area contributed by atoms with Gasteiger partial charge in [-0.15, -0.1) is 0 Å². The molecule has 0 aliphatic heterocycles. The number of pyridine rings is 2. The second-order valence-corrected chi connectivity index (χ2v) is 4.28. The van der Waals surface area contributed by atoms with Gasteiger partial charge in [0.05, 0.1) is 7.11 Å². The van der Waals surface area contributed by atoms with E-state index in [2.05, 4.69) is 15.3 Å². The van der Waals surface area contributed by atoms with Gasteiger partial charge >= 0.3 is 0 Å². The maximum atomic E-state index is 12.7. The van der Waals surface area contributed by atoms with Crippen LogP contribution in [0.15, 0.2) is 36.8 Å². The molecule has 0 saturated heterocycles. The van der Waals surface area contributed by atoms with Gasteiger partial charge in [0.2, 0.25) is 5.78 Å². The number of carbonyl (C=O) groups is 2. The van der Waals surface area contributed by atoms with E-state index in [1.807, 2.05) is 0 Å². The molecule has 7 nitrogen and oxygen atoms in total. The molecule has 0 atom stereocenters. The summed E-state index contributed by atoms with van der Waals surface area (Å²) in [6.07, 6.45) is 4.48. The van der Waals surface area contributed by atoms with Crippen LogP contribution < -0.4 is 10.1 Å².